The highest BCUT2D eigenvalue weighted by atomic mass is 16.4. The number of carboxylic acid groups (broad SMARTS) is 1. The second-order valence-electron chi connectivity index (χ2n) is 4.08. The molecule has 1 aromatic rings. The molecular formula is C12H16O3. The number of hydrogen-bond acceptors (Lipinski definition) is 2. The van der Waals surface area contributed by atoms with Crippen LogP contribution in [0.2, 0.25) is 0 Å². The summed E-state index contributed by atoms with van der Waals surface area (Å²) >= 11 is 0. The summed E-state index contributed by atoms with van der Waals surface area (Å²) in [7, 11) is 0. The zero-order valence-corrected chi connectivity index (χ0v) is 8.97. The van der Waals surface area contributed by atoms with E-state index in [0.29, 0.717) is 11.5 Å². The Morgan fingerprint density at radius 2 is 1.80 bits per heavy atom. The largest absolute Gasteiger partial charge is 0.479 e. The fraction of sp³-hybridized carbons (Fsp3) is 0.417. The SMILES string of the molecule is CC(C)Cc1ccc([C@@H](O)C(=O)O)cc1. The van der Waals surface area contributed by atoms with Crippen LogP contribution in [0, 0.1) is 5.92 Å². The van der Waals surface area contributed by atoms with E-state index >= 15 is 0 Å². The molecule has 0 saturated carbocycles. The summed E-state index contributed by atoms with van der Waals surface area (Å²) in [4.78, 5) is 10.5. The molecule has 82 valence electrons. The molecule has 15 heavy (non-hydrogen) atoms. The Morgan fingerprint density at radius 1 is 1.27 bits per heavy atom. The van der Waals surface area contributed by atoms with Crippen LogP contribution in [-0.2, 0) is 11.2 Å². The van der Waals surface area contributed by atoms with Gasteiger partial charge in [0.2, 0.25) is 0 Å². The predicted octanol–water partition coefficient (Wildman–Crippen LogP) is 2.00. The van der Waals surface area contributed by atoms with Gasteiger partial charge in [0, 0.05) is 0 Å². The smallest absolute Gasteiger partial charge is 0.337 e. The summed E-state index contributed by atoms with van der Waals surface area (Å²) in [6.45, 7) is 4.25. The second-order valence-corrected chi connectivity index (χ2v) is 4.08. The Labute approximate surface area is 89.4 Å². The molecule has 0 aliphatic carbocycles. The van der Waals surface area contributed by atoms with Gasteiger partial charge in [-0.1, -0.05) is 38.1 Å². The van der Waals surface area contributed by atoms with Crippen LogP contribution in [0.15, 0.2) is 24.3 Å². The van der Waals surface area contributed by atoms with E-state index in [4.69, 9.17) is 5.11 Å². The lowest BCUT2D eigenvalue weighted by atomic mass is 10.0. The monoisotopic (exact) mass is 208 g/mol. The molecule has 0 aliphatic heterocycles. The normalized spacial score (nSPS) is 12.8. The van der Waals surface area contributed by atoms with Crippen molar-refractivity contribution < 1.29 is 15.0 Å². The lowest BCUT2D eigenvalue weighted by molar-refractivity contribution is -0.146. The molecular weight excluding hydrogens is 192 g/mol. The minimum absolute atomic E-state index is 0.426. The number of aliphatic hydroxyl groups excluding tert-OH is 1. The zero-order chi connectivity index (χ0) is 11.4. The molecule has 0 aliphatic rings. The standard InChI is InChI=1S/C12H16O3/c1-8(2)7-9-3-5-10(6-4-9)11(13)12(14)15/h3-6,8,11,13H,7H2,1-2H3,(H,14,15)/t11-/m1/s1. The van der Waals surface area contributed by atoms with Crippen molar-refractivity contribution >= 4 is 5.97 Å². The summed E-state index contributed by atoms with van der Waals surface area (Å²) in [6, 6.07) is 7.05. The minimum atomic E-state index is -1.42. The van der Waals surface area contributed by atoms with Gasteiger partial charge in [0.1, 0.15) is 0 Å². The van der Waals surface area contributed by atoms with Gasteiger partial charge in [-0.05, 0) is 23.5 Å². The van der Waals surface area contributed by atoms with E-state index in [9.17, 15) is 9.90 Å². The molecule has 0 amide bonds. The quantitative estimate of drug-likeness (QED) is 0.795. The molecule has 0 bridgehead atoms. The molecule has 1 atom stereocenters. The zero-order valence-electron chi connectivity index (χ0n) is 8.97. The van der Waals surface area contributed by atoms with E-state index in [2.05, 4.69) is 13.8 Å². The van der Waals surface area contributed by atoms with Gasteiger partial charge in [0.05, 0.1) is 0 Å². The number of aliphatic carboxylic acids is 1. The Balaban J connectivity index is 2.76. The number of hydrogen-bond donors (Lipinski definition) is 2. The fourth-order valence-electron chi connectivity index (χ4n) is 1.45. The number of rotatable bonds is 4. The van der Waals surface area contributed by atoms with Crippen LogP contribution in [0.25, 0.3) is 0 Å². The first-order valence-electron chi connectivity index (χ1n) is 5.00. The molecule has 0 radical (unpaired) electrons. The van der Waals surface area contributed by atoms with Crippen molar-refractivity contribution in [1.82, 2.24) is 0 Å². The lowest BCUT2D eigenvalue weighted by Gasteiger charge is -2.08. The van der Waals surface area contributed by atoms with Crippen molar-refractivity contribution in [1.29, 1.82) is 0 Å². The summed E-state index contributed by atoms with van der Waals surface area (Å²) in [5.41, 5.74) is 1.58. The van der Waals surface area contributed by atoms with Gasteiger partial charge in [-0.25, -0.2) is 4.79 Å². The van der Waals surface area contributed by atoms with Gasteiger partial charge in [-0.3, -0.25) is 0 Å². The minimum Gasteiger partial charge on any atom is -0.479 e. The summed E-state index contributed by atoms with van der Waals surface area (Å²) < 4.78 is 0. The lowest BCUT2D eigenvalue weighted by Crippen LogP contribution is -2.10. The first kappa shape index (κ1) is 11.7. The van der Waals surface area contributed by atoms with Crippen LogP contribution in [0.5, 0.6) is 0 Å². The Hall–Kier alpha value is -1.35. The van der Waals surface area contributed by atoms with E-state index in [-0.39, 0.29) is 0 Å². The second kappa shape index (κ2) is 4.94. The third-order valence-electron chi connectivity index (χ3n) is 2.17. The summed E-state index contributed by atoms with van der Waals surface area (Å²) in [5, 5.41) is 17.9. The number of aliphatic hydroxyl groups is 1. The van der Waals surface area contributed by atoms with Crippen molar-refractivity contribution in [3.63, 3.8) is 0 Å². The number of benzene rings is 1. The molecule has 3 nitrogen and oxygen atoms in total. The van der Waals surface area contributed by atoms with Gasteiger partial charge in [-0.2, -0.15) is 0 Å². The number of carboxylic acids is 1. The van der Waals surface area contributed by atoms with Crippen LogP contribution in [-0.4, -0.2) is 16.2 Å². The van der Waals surface area contributed by atoms with Gasteiger partial charge in [0.25, 0.3) is 0 Å². The molecule has 1 aromatic carbocycles. The maximum atomic E-state index is 10.5. The van der Waals surface area contributed by atoms with Crippen molar-refractivity contribution in [3.8, 4) is 0 Å². The average Bonchev–Trinajstić information content (AvgIpc) is 2.17. The summed E-state index contributed by atoms with van der Waals surface area (Å²) in [5.74, 6) is -0.646. The van der Waals surface area contributed by atoms with E-state index in [1.54, 1.807) is 12.1 Å². The topological polar surface area (TPSA) is 57.5 Å². The highest BCUT2D eigenvalue weighted by Gasteiger charge is 2.15. The van der Waals surface area contributed by atoms with Crippen molar-refractivity contribution in [2.45, 2.75) is 26.4 Å². The first-order valence-corrected chi connectivity index (χ1v) is 5.00. The molecule has 0 aromatic heterocycles. The third-order valence-corrected chi connectivity index (χ3v) is 2.17. The first-order chi connectivity index (χ1) is 7.00. The van der Waals surface area contributed by atoms with E-state index in [1.807, 2.05) is 12.1 Å². The van der Waals surface area contributed by atoms with Crippen molar-refractivity contribution in [2.75, 3.05) is 0 Å². The molecule has 1 rings (SSSR count). The van der Waals surface area contributed by atoms with E-state index in [0.717, 1.165) is 12.0 Å². The molecule has 0 unspecified atom stereocenters. The van der Waals surface area contributed by atoms with Crippen LogP contribution >= 0.6 is 0 Å². The van der Waals surface area contributed by atoms with Crippen LogP contribution in [0.4, 0.5) is 0 Å². The van der Waals surface area contributed by atoms with Gasteiger partial charge < -0.3 is 10.2 Å². The highest BCUT2D eigenvalue weighted by molar-refractivity contribution is 5.73. The van der Waals surface area contributed by atoms with Gasteiger partial charge >= 0.3 is 5.97 Å². The van der Waals surface area contributed by atoms with Gasteiger partial charge in [-0.15, -0.1) is 0 Å². The Morgan fingerprint density at radius 3 is 2.20 bits per heavy atom. The summed E-state index contributed by atoms with van der Waals surface area (Å²) in [6.07, 6.45) is -0.457. The predicted molar refractivity (Wildman–Crippen MR) is 57.6 cm³/mol. The molecule has 0 fully saturated rings. The molecule has 0 heterocycles. The van der Waals surface area contributed by atoms with Crippen LogP contribution in [0.1, 0.15) is 31.1 Å². The average molecular weight is 208 g/mol. The molecule has 3 heteroatoms. The van der Waals surface area contributed by atoms with Crippen LogP contribution < -0.4 is 0 Å². The number of carbonyl (C=O) groups is 1. The van der Waals surface area contributed by atoms with Crippen LogP contribution in [0.3, 0.4) is 0 Å². The maximum absolute atomic E-state index is 10.5. The highest BCUT2D eigenvalue weighted by Crippen LogP contribution is 2.15. The van der Waals surface area contributed by atoms with Crippen molar-refractivity contribution in [3.05, 3.63) is 35.4 Å². The van der Waals surface area contributed by atoms with Crippen molar-refractivity contribution in [2.24, 2.45) is 5.92 Å². The Bertz CT molecular complexity index is 327. The Kier molecular flexibility index (Phi) is 3.86. The van der Waals surface area contributed by atoms with E-state index in [1.165, 1.54) is 0 Å². The van der Waals surface area contributed by atoms with Gasteiger partial charge in [0.15, 0.2) is 6.10 Å². The molecule has 0 spiro atoms. The maximum Gasteiger partial charge on any atom is 0.337 e. The fourth-order valence-corrected chi connectivity index (χ4v) is 1.45. The molecule has 2 N–H and O–H groups in total. The molecule has 0 saturated heterocycles. The third kappa shape index (κ3) is 3.36. The van der Waals surface area contributed by atoms with E-state index < -0.39 is 12.1 Å².